The molecular weight excluding hydrogens is 339 g/mol. The van der Waals surface area contributed by atoms with Crippen LogP contribution in [-0.2, 0) is 14.6 Å². The summed E-state index contributed by atoms with van der Waals surface area (Å²) in [5.41, 5.74) is 0.210. The van der Waals surface area contributed by atoms with E-state index >= 15 is 0 Å². The molecule has 0 fully saturated rings. The zero-order valence-electron chi connectivity index (χ0n) is 10.7. The molecule has 0 heterocycles. The molecule has 1 atom stereocenters. The zero-order chi connectivity index (χ0) is 16.2. The second-order valence-electron chi connectivity index (χ2n) is 4.05. The Morgan fingerprint density at radius 1 is 1.43 bits per heavy atom. The maximum atomic E-state index is 11.9. The number of rotatable bonds is 6. The lowest BCUT2D eigenvalue weighted by atomic mass is 10.2. The van der Waals surface area contributed by atoms with Gasteiger partial charge in [-0.1, -0.05) is 41.4 Å². The van der Waals surface area contributed by atoms with Gasteiger partial charge in [0.15, 0.2) is 15.1 Å². The average molecular weight is 351 g/mol. The van der Waals surface area contributed by atoms with E-state index in [1.165, 1.54) is 18.2 Å². The summed E-state index contributed by atoms with van der Waals surface area (Å²) in [6.45, 7) is 3.27. The molecule has 0 amide bonds. The summed E-state index contributed by atoms with van der Waals surface area (Å²) in [4.78, 5) is 11.2. The second-order valence-corrected chi connectivity index (χ2v) is 6.99. The van der Waals surface area contributed by atoms with Crippen molar-refractivity contribution in [3.8, 4) is 5.75 Å². The Kier molecular flexibility index (Phi) is 5.83. The summed E-state index contributed by atoms with van der Waals surface area (Å²) < 4.78 is 23.8. The maximum absolute atomic E-state index is 11.9. The third kappa shape index (κ3) is 4.23. The summed E-state index contributed by atoms with van der Waals surface area (Å²) in [5, 5.41) is 16.1. The first kappa shape index (κ1) is 17.6. The number of carbonyl (C=O) groups is 1. The van der Waals surface area contributed by atoms with Gasteiger partial charge in [-0.25, -0.2) is 8.42 Å². The van der Waals surface area contributed by atoms with Crippen LogP contribution >= 0.6 is 23.2 Å². The van der Waals surface area contributed by atoms with Crippen molar-refractivity contribution in [3.63, 3.8) is 0 Å². The summed E-state index contributed by atoms with van der Waals surface area (Å²) in [5.74, 6) is -2.35. The molecule has 0 aliphatic rings. The number of phenolic OH excluding ortho intramolecular Hbond substituents is 1. The van der Waals surface area contributed by atoms with Crippen molar-refractivity contribution in [3.05, 3.63) is 46.5 Å². The minimum atomic E-state index is -4.04. The Hall–Kier alpha value is -1.50. The van der Waals surface area contributed by atoms with Crippen LogP contribution in [0.5, 0.6) is 5.75 Å². The molecule has 0 aliphatic carbocycles. The van der Waals surface area contributed by atoms with Crippen molar-refractivity contribution >= 4 is 45.1 Å². The SMILES string of the molecule is C=CCS(=O)(=O)C(C(=O)O)C(Cl)=Cc1cccc(O)c1Cl. The largest absolute Gasteiger partial charge is 0.506 e. The fraction of sp³-hybridized carbons (Fsp3) is 0.154. The van der Waals surface area contributed by atoms with E-state index in [1.54, 1.807) is 0 Å². The third-order valence-corrected chi connectivity index (χ3v) is 5.23. The standard InChI is InChI=1S/C13H12Cl2O5S/c1-2-6-21(19,20)12(13(17)18)9(14)7-8-4-3-5-10(16)11(8)15/h2-5,7,12,16H,1,6H2,(H,17,18). The number of benzene rings is 1. The Labute approximate surface area is 132 Å². The van der Waals surface area contributed by atoms with E-state index in [1.807, 2.05) is 0 Å². The van der Waals surface area contributed by atoms with E-state index < -0.39 is 31.8 Å². The topological polar surface area (TPSA) is 91.7 Å². The predicted molar refractivity (Wildman–Crippen MR) is 82.4 cm³/mol. The highest BCUT2D eigenvalue weighted by molar-refractivity contribution is 7.93. The fourth-order valence-corrected chi connectivity index (χ4v) is 3.61. The van der Waals surface area contributed by atoms with E-state index in [2.05, 4.69) is 6.58 Å². The molecule has 0 saturated carbocycles. The number of aliphatic carboxylic acids is 1. The minimum Gasteiger partial charge on any atom is -0.506 e. The van der Waals surface area contributed by atoms with Crippen LogP contribution < -0.4 is 0 Å². The van der Waals surface area contributed by atoms with E-state index in [4.69, 9.17) is 28.3 Å². The second kappa shape index (κ2) is 6.98. The van der Waals surface area contributed by atoms with Crippen molar-refractivity contribution in [1.82, 2.24) is 0 Å². The molecule has 1 aromatic carbocycles. The highest BCUT2D eigenvalue weighted by Gasteiger charge is 2.34. The number of sulfone groups is 1. The summed E-state index contributed by atoms with van der Waals surface area (Å²) >= 11 is 11.7. The van der Waals surface area contributed by atoms with Crippen LogP contribution in [0.3, 0.4) is 0 Å². The first-order valence-corrected chi connectivity index (χ1v) is 8.07. The number of carboxylic acids is 1. The van der Waals surface area contributed by atoms with Gasteiger partial charge in [0.2, 0.25) is 0 Å². The van der Waals surface area contributed by atoms with E-state index in [9.17, 15) is 18.3 Å². The number of carboxylic acid groups (broad SMARTS) is 1. The molecule has 8 heteroatoms. The van der Waals surface area contributed by atoms with Crippen molar-refractivity contribution in [2.45, 2.75) is 5.25 Å². The maximum Gasteiger partial charge on any atom is 0.327 e. The van der Waals surface area contributed by atoms with Crippen LogP contribution in [0, 0.1) is 0 Å². The monoisotopic (exact) mass is 350 g/mol. The van der Waals surface area contributed by atoms with Gasteiger partial charge in [-0.3, -0.25) is 4.79 Å². The van der Waals surface area contributed by atoms with Crippen molar-refractivity contribution in [1.29, 1.82) is 0 Å². The first-order chi connectivity index (χ1) is 9.70. The van der Waals surface area contributed by atoms with Crippen LogP contribution in [0.4, 0.5) is 0 Å². The Balaban J connectivity index is 3.33. The Morgan fingerprint density at radius 2 is 2.05 bits per heavy atom. The number of halogens is 2. The number of hydrogen-bond acceptors (Lipinski definition) is 4. The van der Waals surface area contributed by atoms with Crippen molar-refractivity contribution < 1.29 is 23.4 Å². The van der Waals surface area contributed by atoms with Gasteiger partial charge in [0, 0.05) is 5.03 Å². The zero-order valence-corrected chi connectivity index (χ0v) is 13.0. The molecule has 0 bridgehead atoms. The van der Waals surface area contributed by atoms with Crippen molar-refractivity contribution in [2.75, 3.05) is 5.75 Å². The molecule has 0 spiro atoms. The molecule has 2 N–H and O–H groups in total. The molecule has 5 nitrogen and oxygen atoms in total. The van der Waals surface area contributed by atoms with Gasteiger partial charge in [-0.15, -0.1) is 6.58 Å². The molecular formula is C13H12Cl2O5S. The number of hydrogen-bond donors (Lipinski definition) is 2. The molecule has 0 saturated heterocycles. The summed E-state index contributed by atoms with van der Waals surface area (Å²) in [6, 6.07) is 4.26. The molecule has 0 aliphatic heterocycles. The molecule has 0 radical (unpaired) electrons. The van der Waals surface area contributed by atoms with Gasteiger partial charge in [-0.05, 0) is 17.7 Å². The average Bonchev–Trinajstić information content (AvgIpc) is 2.33. The summed E-state index contributed by atoms with van der Waals surface area (Å²) in [7, 11) is -4.04. The van der Waals surface area contributed by atoms with E-state index in [0.717, 1.165) is 12.2 Å². The lowest BCUT2D eigenvalue weighted by molar-refractivity contribution is -0.135. The van der Waals surface area contributed by atoms with Gasteiger partial charge >= 0.3 is 5.97 Å². The van der Waals surface area contributed by atoms with Gasteiger partial charge in [-0.2, -0.15) is 0 Å². The van der Waals surface area contributed by atoms with Crippen LogP contribution in [0.15, 0.2) is 35.9 Å². The van der Waals surface area contributed by atoms with Crippen LogP contribution in [0.1, 0.15) is 5.56 Å². The van der Waals surface area contributed by atoms with Crippen molar-refractivity contribution in [2.24, 2.45) is 0 Å². The van der Waals surface area contributed by atoms with Gasteiger partial charge in [0.25, 0.3) is 0 Å². The minimum absolute atomic E-state index is 0.0547. The van der Waals surface area contributed by atoms with E-state index in [-0.39, 0.29) is 16.3 Å². The third-order valence-electron chi connectivity index (χ3n) is 2.49. The normalized spacial score (nSPS) is 13.7. The van der Waals surface area contributed by atoms with Gasteiger partial charge in [0.05, 0.1) is 10.8 Å². The van der Waals surface area contributed by atoms with E-state index in [0.29, 0.717) is 0 Å². The molecule has 0 aromatic heterocycles. The van der Waals surface area contributed by atoms with Gasteiger partial charge in [0.1, 0.15) is 5.75 Å². The predicted octanol–water partition coefficient (Wildman–Crippen LogP) is 2.68. The smallest absolute Gasteiger partial charge is 0.327 e. The molecule has 114 valence electrons. The quantitative estimate of drug-likeness (QED) is 0.769. The number of phenols is 1. The first-order valence-electron chi connectivity index (χ1n) is 5.60. The highest BCUT2D eigenvalue weighted by atomic mass is 35.5. The Bertz CT molecular complexity index is 695. The van der Waals surface area contributed by atoms with Crippen LogP contribution in [-0.4, -0.2) is 35.6 Å². The fourth-order valence-electron chi connectivity index (χ4n) is 1.58. The molecule has 1 unspecified atom stereocenters. The lowest BCUT2D eigenvalue weighted by Crippen LogP contribution is -2.32. The highest BCUT2D eigenvalue weighted by Crippen LogP contribution is 2.30. The molecule has 1 aromatic rings. The lowest BCUT2D eigenvalue weighted by Gasteiger charge is -2.12. The molecule has 1 rings (SSSR count). The Morgan fingerprint density at radius 3 is 2.57 bits per heavy atom. The number of aromatic hydroxyl groups is 1. The summed E-state index contributed by atoms with van der Waals surface area (Å²) in [6.07, 6.45) is 2.18. The van der Waals surface area contributed by atoms with Gasteiger partial charge < -0.3 is 10.2 Å². The van der Waals surface area contributed by atoms with Crippen LogP contribution in [0.25, 0.3) is 6.08 Å². The van der Waals surface area contributed by atoms with Crippen LogP contribution in [0.2, 0.25) is 5.02 Å². The molecule has 21 heavy (non-hydrogen) atoms.